The maximum absolute atomic E-state index is 11.5. The Hall–Kier alpha value is -4.08. The first kappa shape index (κ1) is 19.6. The van der Waals surface area contributed by atoms with Gasteiger partial charge >= 0.3 is 6.03 Å². The highest BCUT2D eigenvalue weighted by atomic mass is 16.2. The number of piperidine rings is 1. The Kier molecular flexibility index (Phi) is 4.46. The number of rotatable bonds is 3. The topological polar surface area (TPSA) is 116 Å². The Labute approximate surface area is 190 Å². The van der Waals surface area contributed by atoms with Crippen LogP contribution < -0.4 is 15.5 Å². The summed E-state index contributed by atoms with van der Waals surface area (Å²) in [6, 6.07) is 5.78. The third-order valence-electron chi connectivity index (χ3n) is 6.43. The molecule has 0 aliphatic carbocycles. The Balaban J connectivity index is 1.26. The Bertz CT molecular complexity index is 1370. The van der Waals surface area contributed by atoms with Crippen LogP contribution in [0.5, 0.6) is 0 Å². The van der Waals surface area contributed by atoms with E-state index in [2.05, 4.69) is 41.5 Å². The number of aryl methyl sites for hydroxylation is 2. The lowest BCUT2D eigenvalue weighted by molar-refractivity contribution is 0.256. The molecule has 0 atom stereocenters. The van der Waals surface area contributed by atoms with Crippen molar-refractivity contribution in [1.82, 2.24) is 34.8 Å². The number of carbonyl (C=O) groups excluding carboxylic acids is 1. The van der Waals surface area contributed by atoms with Crippen LogP contribution >= 0.6 is 0 Å². The molecule has 0 saturated carbocycles. The van der Waals surface area contributed by atoms with Crippen molar-refractivity contribution < 1.29 is 4.79 Å². The molecule has 0 bridgehead atoms. The Morgan fingerprint density at radius 1 is 1.06 bits per heavy atom. The number of hydrogen-bond donors (Lipinski definition) is 1. The summed E-state index contributed by atoms with van der Waals surface area (Å²) in [7, 11) is 1.95. The monoisotopic (exact) mass is 440 g/mol. The minimum atomic E-state index is -0.295. The van der Waals surface area contributed by atoms with Crippen LogP contribution in [-0.4, -0.2) is 48.6 Å². The van der Waals surface area contributed by atoms with Crippen molar-refractivity contribution in [3.8, 4) is 11.4 Å². The largest absolute Gasteiger partial charge is 0.355 e. The number of anilines is 2. The molecule has 1 radical (unpaired) electrons. The minimum Gasteiger partial charge on any atom is -0.355 e. The summed E-state index contributed by atoms with van der Waals surface area (Å²) in [4.78, 5) is 36.4. The number of fused-ring (bicyclic) bond motifs is 2. The molecule has 5 heterocycles. The molecule has 2 aliphatic heterocycles. The molecule has 1 fully saturated rings. The molecule has 0 unspecified atom stereocenters. The SMILES string of the molecule is Cc1ncc(-c2nc3c(N4CCC(c5ccc6c(c5)[N]C(=O)N6)CC4)ncnc3n2C)cn1. The van der Waals surface area contributed by atoms with Crippen molar-refractivity contribution in [2.45, 2.75) is 25.7 Å². The van der Waals surface area contributed by atoms with E-state index in [0.717, 1.165) is 71.5 Å². The summed E-state index contributed by atoms with van der Waals surface area (Å²) in [5.41, 5.74) is 5.17. The molecule has 2 amide bonds. The molecule has 6 rings (SSSR count). The molecule has 165 valence electrons. The highest BCUT2D eigenvalue weighted by Crippen LogP contribution is 2.36. The second kappa shape index (κ2) is 7.51. The van der Waals surface area contributed by atoms with Crippen LogP contribution in [0.2, 0.25) is 0 Å². The summed E-state index contributed by atoms with van der Waals surface area (Å²) in [5.74, 6) is 2.76. The maximum Gasteiger partial charge on any atom is 0.346 e. The van der Waals surface area contributed by atoms with Crippen molar-refractivity contribution in [2.75, 3.05) is 23.3 Å². The van der Waals surface area contributed by atoms with Crippen molar-refractivity contribution in [3.63, 3.8) is 0 Å². The van der Waals surface area contributed by atoms with Crippen LogP contribution in [0.25, 0.3) is 22.6 Å². The smallest absolute Gasteiger partial charge is 0.346 e. The zero-order chi connectivity index (χ0) is 22.5. The molecule has 2 aliphatic rings. The third kappa shape index (κ3) is 3.34. The van der Waals surface area contributed by atoms with E-state index in [1.54, 1.807) is 18.7 Å². The van der Waals surface area contributed by atoms with E-state index in [-0.39, 0.29) is 6.03 Å². The standard InChI is InChI=1S/C23H22N9O/c1-13-24-10-16(11-25-13)20-30-19-21(31(20)2)26-12-27-22(19)32-7-5-14(6-8-32)15-3-4-17-18(9-15)29-23(33)28-17/h3-4,9-12,14H,5-8H2,1-2H3,(H,28,33). The summed E-state index contributed by atoms with van der Waals surface area (Å²) < 4.78 is 1.96. The molecule has 1 aromatic carbocycles. The van der Waals surface area contributed by atoms with Gasteiger partial charge in [0.2, 0.25) is 0 Å². The predicted octanol–water partition coefficient (Wildman–Crippen LogP) is 3.29. The molecule has 10 heteroatoms. The van der Waals surface area contributed by atoms with Crippen LogP contribution in [0.15, 0.2) is 36.9 Å². The molecule has 3 aromatic heterocycles. The van der Waals surface area contributed by atoms with E-state index < -0.39 is 0 Å². The molecule has 10 nitrogen and oxygen atoms in total. The molecule has 1 saturated heterocycles. The third-order valence-corrected chi connectivity index (χ3v) is 6.43. The zero-order valence-electron chi connectivity index (χ0n) is 18.4. The summed E-state index contributed by atoms with van der Waals surface area (Å²) in [5, 5.41) is 6.80. The number of amides is 2. The maximum atomic E-state index is 11.5. The molecular weight excluding hydrogens is 418 g/mol. The second-order valence-electron chi connectivity index (χ2n) is 8.46. The molecule has 0 spiro atoms. The van der Waals surface area contributed by atoms with Gasteiger partial charge in [-0.1, -0.05) is 6.07 Å². The van der Waals surface area contributed by atoms with E-state index in [4.69, 9.17) is 4.98 Å². The summed E-state index contributed by atoms with van der Waals surface area (Å²) in [6.07, 6.45) is 7.14. The summed E-state index contributed by atoms with van der Waals surface area (Å²) in [6.45, 7) is 3.59. The highest BCUT2D eigenvalue weighted by molar-refractivity contribution is 6.02. The quantitative estimate of drug-likeness (QED) is 0.520. The highest BCUT2D eigenvalue weighted by Gasteiger charge is 2.27. The number of imidazole rings is 1. The van der Waals surface area contributed by atoms with Crippen LogP contribution in [0.4, 0.5) is 22.0 Å². The van der Waals surface area contributed by atoms with Gasteiger partial charge in [0, 0.05) is 32.5 Å². The number of benzene rings is 1. The van der Waals surface area contributed by atoms with Crippen molar-refractivity contribution in [3.05, 3.63) is 48.3 Å². The van der Waals surface area contributed by atoms with Gasteiger partial charge in [0.1, 0.15) is 18.0 Å². The molecule has 33 heavy (non-hydrogen) atoms. The second-order valence-corrected chi connectivity index (χ2v) is 8.46. The van der Waals surface area contributed by atoms with Gasteiger partial charge in [-0.2, -0.15) is 5.32 Å². The fourth-order valence-corrected chi connectivity index (χ4v) is 4.66. The van der Waals surface area contributed by atoms with Crippen LogP contribution in [0, 0.1) is 6.92 Å². The van der Waals surface area contributed by atoms with Gasteiger partial charge in [0.15, 0.2) is 17.0 Å². The van der Waals surface area contributed by atoms with Gasteiger partial charge in [-0.05, 0) is 43.4 Å². The lowest BCUT2D eigenvalue weighted by Gasteiger charge is -2.33. The van der Waals surface area contributed by atoms with Crippen LogP contribution in [0.1, 0.15) is 30.1 Å². The first-order valence-electron chi connectivity index (χ1n) is 10.9. The normalized spacial score (nSPS) is 16.1. The number of nitrogens with one attached hydrogen (secondary N) is 1. The van der Waals surface area contributed by atoms with Crippen molar-refractivity contribution in [2.24, 2.45) is 7.05 Å². The van der Waals surface area contributed by atoms with Gasteiger partial charge in [-0.15, -0.1) is 0 Å². The zero-order valence-corrected chi connectivity index (χ0v) is 18.4. The first-order chi connectivity index (χ1) is 16.1. The van der Waals surface area contributed by atoms with Gasteiger partial charge in [0.25, 0.3) is 0 Å². The van der Waals surface area contributed by atoms with Crippen LogP contribution in [-0.2, 0) is 7.05 Å². The van der Waals surface area contributed by atoms with Gasteiger partial charge in [-0.25, -0.2) is 29.7 Å². The molecular formula is C23H22N9O. The predicted molar refractivity (Wildman–Crippen MR) is 124 cm³/mol. The number of aromatic nitrogens is 6. The van der Waals surface area contributed by atoms with Gasteiger partial charge in [0.05, 0.1) is 16.9 Å². The molecule has 1 N–H and O–H groups in total. The lowest BCUT2D eigenvalue weighted by atomic mass is 9.89. The first-order valence-corrected chi connectivity index (χ1v) is 10.9. The number of hydrogen-bond acceptors (Lipinski definition) is 7. The van der Waals surface area contributed by atoms with E-state index in [1.807, 2.05) is 30.7 Å². The van der Waals surface area contributed by atoms with Gasteiger partial charge in [-0.3, -0.25) is 0 Å². The number of urea groups is 1. The number of carbonyl (C=O) groups is 1. The Morgan fingerprint density at radius 3 is 2.64 bits per heavy atom. The average molecular weight is 440 g/mol. The van der Waals surface area contributed by atoms with E-state index in [0.29, 0.717) is 5.92 Å². The fourth-order valence-electron chi connectivity index (χ4n) is 4.66. The molecule has 4 aromatic rings. The van der Waals surface area contributed by atoms with Crippen LogP contribution in [0.3, 0.4) is 0 Å². The lowest BCUT2D eigenvalue weighted by Crippen LogP contribution is -2.33. The van der Waals surface area contributed by atoms with E-state index >= 15 is 0 Å². The number of nitrogens with zero attached hydrogens (tertiary/aromatic N) is 8. The average Bonchev–Trinajstić information content (AvgIpc) is 3.38. The summed E-state index contributed by atoms with van der Waals surface area (Å²) >= 11 is 0. The van der Waals surface area contributed by atoms with Gasteiger partial charge < -0.3 is 14.8 Å². The fraction of sp³-hybridized carbons (Fsp3) is 0.304. The van der Waals surface area contributed by atoms with E-state index in [1.165, 1.54) is 5.56 Å². The van der Waals surface area contributed by atoms with E-state index in [9.17, 15) is 4.79 Å². The minimum absolute atomic E-state index is 0.295. The Morgan fingerprint density at radius 2 is 1.85 bits per heavy atom. The van der Waals surface area contributed by atoms with Crippen molar-refractivity contribution in [1.29, 1.82) is 0 Å². The van der Waals surface area contributed by atoms with Crippen molar-refractivity contribution >= 4 is 34.4 Å².